The fourth-order valence-corrected chi connectivity index (χ4v) is 1.96. The summed E-state index contributed by atoms with van der Waals surface area (Å²) in [7, 11) is 1.60. The number of benzene rings is 2. The first-order valence-electron chi connectivity index (χ1n) is 6.08. The molecule has 1 amide bonds. The number of ether oxygens (including phenoxy) is 1. The van der Waals surface area contributed by atoms with Crippen molar-refractivity contribution in [1.82, 2.24) is 5.32 Å². The zero-order valence-corrected chi connectivity index (χ0v) is 11.8. The third-order valence-corrected chi connectivity index (χ3v) is 2.96. The Morgan fingerprint density at radius 2 is 1.95 bits per heavy atom. The molecule has 2 aromatic carbocycles. The van der Waals surface area contributed by atoms with E-state index < -0.39 is 0 Å². The molecule has 0 fully saturated rings. The van der Waals surface area contributed by atoms with Crippen molar-refractivity contribution in [1.29, 1.82) is 0 Å². The van der Waals surface area contributed by atoms with Gasteiger partial charge in [0.2, 0.25) is 0 Å². The Morgan fingerprint density at radius 1 is 1.25 bits per heavy atom. The van der Waals surface area contributed by atoms with Gasteiger partial charge in [-0.1, -0.05) is 23.7 Å². The third-order valence-electron chi connectivity index (χ3n) is 2.74. The summed E-state index contributed by atoms with van der Waals surface area (Å²) in [5.41, 5.74) is 7.81. The van der Waals surface area contributed by atoms with Gasteiger partial charge in [-0.25, -0.2) is 0 Å². The van der Waals surface area contributed by atoms with E-state index in [0.29, 0.717) is 28.6 Å². The van der Waals surface area contributed by atoms with E-state index in [1.54, 1.807) is 37.4 Å². The molecule has 0 aliphatic rings. The molecule has 0 bridgehead atoms. The molecule has 104 valence electrons. The molecule has 5 heteroatoms. The SMILES string of the molecule is CNC(=O)c1ccc(COc2cc(N)cc(Cl)c2)cc1. The van der Waals surface area contributed by atoms with Crippen LogP contribution in [-0.2, 0) is 6.61 Å². The largest absolute Gasteiger partial charge is 0.489 e. The van der Waals surface area contributed by atoms with Crippen LogP contribution in [0.3, 0.4) is 0 Å². The minimum Gasteiger partial charge on any atom is -0.489 e. The number of rotatable bonds is 4. The number of carbonyl (C=O) groups is 1. The molecule has 0 heterocycles. The number of nitrogens with two attached hydrogens (primary N) is 1. The molecule has 0 saturated heterocycles. The number of nitrogens with one attached hydrogen (secondary N) is 1. The molecule has 0 unspecified atom stereocenters. The normalized spacial score (nSPS) is 10.1. The van der Waals surface area contributed by atoms with Crippen molar-refractivity contribution in [3.63, 3.8) is 0 Å². The highest BCUT2D eigenvalue weighted by Crippen LogP contribution is 2.23. The van der Waals surface area contributed by atoms with Crippen LogP contribution in [0.25, 0.3) is 0 Å². The van der Waals surface area contributed by atoms with Gasteiger partial charge in [0.1, 0.15) is 12.4 Å². The van der Waals surface area contributed by atoms with Crippen LogP contribution in [-0.4, -0.2) is 13.0 Å². The van der Waals surface area contributed by atoms with E-state index in [1.165, 1.54) is 0 Å². The Bertz CT molecular complexity index is 592. The summed E-state index contributed by atoms with van der Waals surface area (Å²) in [6.45, 7) is 0.383. The summed E-state index contributed by atoms with van der Waals surface area (Å²) < 4.78 is 5.62. The predicted molar refractivity (Wildman–Crippen MR) is 80.0 cm³/mol. The van der Waals surface area contributed by atoms with Crippen LogP contribution in [0.2, 0.25) is 5.02 Å². The van der Waals surface area contributed by atoms with Crippen molar-refractivity contribution in [2.75, 3.05) is 12.8 Å². The minimum atomic E-state index is -0.111. The number of amides is 1. The van der Waals surface area contributed by atoms with E-state index in [1.807, 2.05) is 12.1 Å². The highest BCUT2D eigenvalue weighted by Gasteiger charge is 2.03. The Hall–Kier alpha value is -2.20. The van der Waals surface area contributed by atoms with E-state index in [2.05, 4.69) is 5.32 Å². The van der Waals surface area contributed by atoms with Crippen LogP contribution < -0.4 is 15.8 Å². The number of hydrogen-bond donors (Lipinski definition) is 2. The lowest BCUT2D eigenvalue weighted by Crippen LogP contribution is -2.17. The van der Waals surface area contributed by atoms with Crippen molar-refractivity contribution >= 4 is 23.2 Å². The number of carbonyl (C=O) groups excluding carboxylic acids is 1. The first kappa shape index (κ1) is 14.2. The molecule has 20 heavy (non-hydrogen) atoms. The molecule has 0 saturated carbocycles. The van der Waals surface area contributed by atoms with Crippen LogP contribution in [0.1, 0.15) is 15.9 Å². The molecule has 2 rings (SSSR count). The van der Waals surface area contributed by atoms with Gasteiger partial charge < -0.3 is 15.8 Å². The molecule has 0 aliphatic heterocycles. The summed E-state index contributed by atoms with van der Waals surface area (Å²) >= 11 is 5.90. The van der Waals surface area contributed by atoms with Gasteiger partial charge >= 0.3 is 0 Å². The maximum Gasteiger partial charge on any atom is 0.251 e. The van der Waals surface area contributed by atoms with Crippen molar-refractivity contribution < 1.29 is 9.53 Å². The minimum absolute atomic E-state index is 0.111. The molecule has 2 aromatic rings. The molecule has 0 aromatic heterocycles. The highest BCUT2D eigenvalue weighted by molar-refractivity contribution is 6.31. The van der Waals surface area contributed by atoms with Gasteiger partial charge in [-0.05, 0) is 29.8 Å². The van der Waals surface area contributed by atoms with Crippen molar-refractivity contribution in [3.05, 3.63) is 58.6 Å². The average Bonchev–Trinajstić information content (AvgIpc) is 2.44. The van der Waals surface area contributed by atoms with Crippen LogP contribution >= 0.6 is 11.6 Å². The quantitative estimate of drug-likeness (QED) is 0.851. The summed E-state index contributed by atoms with van der Waals surface area (Å²) in [4.78, 5) is 11.4. The van der Waals surface area contributed by atoms with Gasteiger partial charge in [-0.2, -0.15) is 0 Å². The summed E-state index contributed by atoms with van der Waals surface area (Å²) in [5.74, 6) is 0.505. The predicted octanol–water partition coefficient (Wildman–Crippen LogP) is 2.86. The molecule has 3 N–H and O–H groups in total. The Balaban J connectivity index is 2.02. The van der Waals surface area contributed by atoms with Crippen LogP contribution in [0, 0.1) is 0 Å². The fourth-order valence-electron chi connectivity index (χ4n) is 1.73. The van der Waals surface area contributed by atoms with E-state index in [-0.39, 0.29) is 5.91 Å². The van der Waals surface area contributed by atoms with Crippen LogP contribution in [0.5, 0.6) is 5.75 Å². The zero-order chi connectivity index (χ0) is 14.5. The molecule has 0 aliphatic carbocycles. The molecular formula is C15H15ClN2O2. The van der Waals surface area contributed by atoms with E-state index in [9.17, 15) is 4.79 Å². The first-order chi connectivity index (χ1) is 9.58. The van der Waals surface area contributed by atoms with Crippen LogP contribution in [0.15, 0.2) is 42.5 Å². The van der Waals surface area contributed by atoms with Crippen molar-refractivity contribution in [2.45, 2.75) is 6.61 Å². The van der Waals surface area contributed by atoms with Crippen LogP contribution in [0.4, 0.5) is 5.69 Å². The second-order valence-electron chi connectivity index (χ2n) is 4.28. The van der Waals surface area contributed by atoms with Gasteiger partial charge in [-0.15, -0.1) is 0 Å². The van der Waals surface area contributed by atoms with Crippen molar-refractivity contribution in [2.24, 2.45) is 0 Å². The number of nitrogen functional groups attached to an aromatic ring is 1. The maximum atomic E-state index is 11.4. The van der Waals surface area contributed by atoms with E-state index in [0.717, 1.165) is 5.56 Å². The molecule has 0 spiro atoms. The standard InChI is InChI=1S/C15H15ClN2O2/c1-18-15(19)11-4-2-10(3-5-11)9-20-14-7-12(16)6-13(17)8-14/h2-8H,9,17H2,1H3,(H,18,19). The Kier molecular flexibility index (Phi) is 4.48. The Labute approximate surface area is 122 Å². The van der Waals surface area contributed by atoms with E-state index >= 15 is 0 Å². The average molecular weight is 291 g/mol. The van der Waals surface area contributed by atoms with Gasteiger partial charge in [-0.3, -0.25) is 4.79 Å². The number of hydrogen-bond acceptors (Lipinski definition) is 3. The number of anilines is 1. The summed E-state index contributed by atoms with van der Waals surface area (Å²) in [6.07, 6.45) is 0. The van der Waals surface area contributed by atoms with Gasteiger partial charge in [0.25, 0.3) is 5.91 Å². The van der Waals surface area contributed by atoms with Gasteiger partial charge in [0.05, 0.1) is 0 Å². The van der Waals surface area contributed by atoms with E-state index in [4.69, 9.17) is 22.1 Å². The lowest BCUT2D eigenvalue weighted by Gasteiger charge is -2.08. The summed E-state index contributed by atoms with van der Waals surface area (Å²) in [5, 5.41) is 3.11. The molecule has 0 radical (unpaired) electrons. The Morgan fingerprint density at radius 3 is 2.55 bits per heavy atom. The highest BCUT2D eigenvalue weighted by atomic mass is 35.5. The first-order valence-corrected chi connectivity index (χ1v) is 6.46. The zero-order valence-electron chi connectivity index (χ0n) is 11.0. The lowest BCUT2D eigenvalue weighted by atomic mass is 10.1. The monoisotopic (exact) mass is 290 g/mol. The third kappa shape index (κ3) is 3.65. The lowest BCUT2D eigenvalue weighted by molar-refractivity contribution is 0.0963. The number of halogens is 1. The molecule has 0 atom stereocenters. The van der Waals surface area contributed by atoms with Gasteiger partial charge in [0.15, 0.2) is 0 Å². The second-order valence-corrected chi connectivity index (χ2v) is 4.72. The molecule has 4 nitrogen and oxygen atoms in total. The molecular weight excluding hydrogens is 276 g/mol. The smallest absolute Gasteiger partial charge is 0.251 e. The second kappa shape index (κ2) is 6.30. The fraction of sp³-hybridized carbons (Fsp3) is 0.133. The van der Waals surface area contributed by atoms with Crippen molar-refractivity contribution in [3.8, 4) is 5.75 Å². The maximum absolute atomic E-state index is 11.4. The topological polar surface area (TPSA) is 64.3 Å². The summed E-state index contributed by atoms with van der Waals surface area (Å²) in [6, 6.07) is 12.3. The van der Waals surface area contributed by atoms with Gasteiger partial charge in [0, 0.05) is 29.4 Å².